The Bertz CT molecular complexity index is 674. The lowest BCUT2D eigenvalue weighted by atomic mass is 10.2. The number of hydrogen-bond donors (Lipinski definition) is 0. The molecule has 106 valence electrons. The summed E-state index contributed by atoms with van der Waals surface area (Å²) in [5.41, 5.74) is 2.54. The molecule has 0 N–H and O–H groups in total. The molecule has 2 heterocycles. The molecule has 0 atom stereocenters. The van der Waals surface area contributed by atoms with Crippen LogP contribution in [0.2, 0.25) is 0 Å². The Labute approximate surface area is 130 Å². The highest BCUT2D eigenvalue weighted by Gasteiger charge is 2.23. The smallest absolute Gasteiger partial charge is 0.169 e. The van der Waals surface area contributed by atoms with Crippen molar-refractivity contribution in [3.05, 3.63) is 72.0 Å². The van der Waals surface area contributed by atoms with E-state index in [9.17, 15) is 0 Å². The van der Waals surface area contributed by atoms with Crippen LogP contribution in [0, 0.1) is 0 Å². The highest BCUT2D eigenvalue weighted by Crippen LogP contribution is 2.46. The molecule has 0 saturated carbocycles. The third kappa shape index (κ3) is 2.88. The van der Waals surface area contributed by atoms with Crippen LogP contribution in [0.25, 0.3) is 6.08 Å². The van der Waals surface area contributed by atoms with Crippen LogP contribution in [0.15, 0.2) is 71.4 Å². The van der Waals surface area contributed by atoms with E-state index in [1.165, 1.54) is 21.2 Å². The van der Waals surface area contributed by atoms with E-state index in [-0.39, 0.29) is 0 Å². The van der Waals surface area contributed by atoms with E-state index >= 15 is 0 Å². The molecule has 0 spiro atoms. The minimum Gasteiger partial charge on any atom is -0.335 e. The lowest BCUT2D eigenvalue weighted by Crippen LogP contribution is -2.31. The van der Waals surface area contributed by atoms with E-state index in [4.69, 9.17) is 0 Å². The van der Waals surface area contributed by atoms with E-state index in [0.717, 1.165) is 13.1 Å². The fourth-order valence-electron chi connectivity index (χ4n) is 2.46. The SMILES string of the molecule is C=CC[n+]1ccc(/C=C2\Sc3ccccc3N2CC)cc1. The zero-order valence-electron chi connectivity index (χ0n) is 12.2. The molecule has 0 amide bonds. The van der Waals surface area contributed by atoms with Gasteiger partial charge in [-0.25, -0.2) is 4.57 Å². The average Bonchev–Trinajstić information content (AvgIpc) is 2.86. The summed E-state index contributed by atoms with van der Waals surface area (Å²) in [7, 11) is 0. The molecule has 2 nitrogen and oxygen atoms in total. The molecular formula is C18H19N2S+. The van der Waals surface area contributed by atoms with Gasteiger partial charge in [0.1, 0.15) is 0 Å². The molecule has 2 aromatic rings. The summed E-state index contributed by atoms with van der Waals surface area (Å²) in [5.74, 6) is 0. The van der Waals surface area contributed by atoms with E-state index in [2.05, 4.69) is 77.8 Å². The summed E-state index contributed by atoms with van der Waals surface area (Å²) >= 11 is 1.84. The van der Waals surface area contributed by atoms with Crippen LogP contribution in [-0.2, 0) is 6.54 Å². The molecule has 1 aromatic carbocycles. The van der Waals surface area contributed by atoms with Crippen molar-refractivity contribution in [3.8, 4) is 0 Å². The molecule has 0 radical (unpaired) electrons. The first-order valence-corrected chi connectivity index (χ1v) is 7.99. The number of para-hydroxylation sites is 1. The van der Waals surface area contributed by atoms with Crippen molar-refractivity contribution in [2.24, 2.45) is 0 Å². The Morgan fingerprint density at radius 1 is 1.19 bits per heavy atom. The number of allylic oxidation sites excluding steroid dienone is 1. The number of pyridine rings is 1. The van der Waals surface area contributed by atoms with Crippen LogP contribution in [0.1, 0.15) is 12.5 Å². The van der Waals surface area contributed by atoms with Crippen LogP contribution in [0.4, 0.5) is 5.69 Å². The first-order valence-electron chi connectivity index (χ1n) is 7.18. The van der Waals surface area contributed by atoms with Gasteiger partial charge in [-0.05, 0) is 36.8 Å². The van der Waals surface area contributed by atoms with Gasteiger partial charge in [0.15, 0.2) is 18.9 Å². The highest BCUT2D eigenvalue weighted by atomic mass is 32.2. The molecule has 0 saturated heterocycles. The average molecular weight is 295 g/mol. The van der Waals surface area contributed by atoms with Crippen LogP contribution >= 0.6 is 11.8 Å². The van der Waals surface area contributed by atoms with Crippen LogP contribution < -0.4 is 9.47 Å². The summed E-state index contributed by atoms with van der Waals surface area (Å²) in [6.07, 6.45) is 8.35. The van der Waals surface area contributed by atoms with Crippen molar-refractivity contribution in [1.29, 1.82) is 0 Å². The second-order valence-corrected chi connectivity index (χ2v) is 5.98. The third-order valence-corrected chi connectivity index (χ3v) is 4.61. The number of anilines is 1. The van der Waals surface area contributed by atoms with Gasteiger partial charge in [0.2, 0.25) is 0 Å². The maximum Gasteiger partial charge on any atom is 0.169 e. The molecule has 0 fully saturated rings. The van der Waals surface area contributed by atoms with Gasteiger partial charge in [0, 0.05) is 23.6 Å². The van der Waals surface area contributed by atoms with Crippen molar-refractivity contribution in [2.75, 3.05) is 11.4 Å². The van der Waals surface area contributed by atoms with Crippen LogP contribution in [0.5, 0.6) is 0 Å². The predicted molar refractivity (Wildman–Crippen MR) is 90.1 cm³/mol. The molecule has 21 heavy (non-hydrogen) atoms. The zero-order valence-corrected chi connectivity index (χ0v) is 13.0. The largest absolute Gasteiger partial charge is 0.335 e. The minimum atomic E-state index is 0.845. The first-order chi connectivity index (χ1) is 10.3. The number of nitrogens with zero attached hydrogens (tertiary/aromatic N) is 2. The first kappa shape index (κ1) is 14.0. The van der Waals surface area contributed by atoms with E-state index < -0.39 is 0 Å². The van der Waals surface area contributed by atoms with E-state index in [1.54, 1.807) is 0 Å². The molecule has 3 heteroatoms. The minimum absolute atomic E-state index is 0.845. The molecule has 1 aliphatic heterocycles. The maximum absolute atomic E-state index is 3.76. The lowest BCUT2D eigenvalue weighted by Gasteiger charge is -2.17. The standard InChI is InChI=1S/C18H19N2S/c1-3-11-19-12-9-15(10-13-19)14-18-20(4-2)16-7-5-6-8-17(16)21-18/h3,5-10,12-14H,1,4,11H2,2H3/q+1. The van der Waals surface area contributed by atoms with Gasteiger partial charge in [-0.1, -0.05) is 30.5 Å². The van der Waals surface area contributed by atoms with Gasteiger partial charge in [0.05, 0.1) is 10.7 Å². The summed E-state index contributed by atoms with van der Waals surface area (Å²) in [6, 6.07) is 12.9. The van der Waals surface area contributed by atoms with Gasteiger partial charge >= 0.3 is 0 Å². The van der Waals surface area contributed by atoms with Gasteiger partial charge in [-0.15, -0.1) is 0 Å². The Morgan fingerprint density at radius 3 is 2.67 bits per heavy atom. The Kier molecular flexibility index (Phi) is 4.11. The molecule has 1 aliphatic rings. The van der Waals surface area contributed by atoms with Crippen LogP contribution in [0.3, 0.4) is 0 Å². The lowest BCUT2D eigenvalue weighted by molar-refractivity contribution is -0.687. The third-order valence-electron chi connectivity index (χ3n) is 3.50. The van der Waals surface area contributed by atoms with Crippen molar-refractivity contribution in [2.45, 2.75) is 18.4 Å². The quantitative estimate of drug-likeness (QED) is 0.619. The predicted octanol–water partition coefficient (Wildman–Crippen LogP) is 4.09. The second kappa shape index (κ2) is 6.19. The molecule has 3 rings (SSSR count). The Balaban J connectivity index is 1.88. The summed E-state index contributed by atoms with van der Waals surface area (Å²) < 4.78 is 2.11. The molecule has 0 unspecified atom stereocenters. The topological polar surface area (TPSA) is 7.12 Å². The summed E-state index contributed by atoms with van der Waals surface area (Å²) in [6.45, 7) is 7.79. The monoisotopic (exact) mass is 295 g/mol. The summed E-state index contributed by atoms with van der Waals surface area (Å²) in [5, 5.41) is 1.29. The number of benzene rings is 1. The van der Waals surface area contributed by atoms with Crippen molar-refractivity contribution in [3.63, 3.8) is 0 Å². The number of fused-ring (bicyclic) bond motifs is 1. The highest BCUT2D eigenvalue weighted by molar-refractivity contribution is 8.03. The van der Waals surface area contributed by atoms with Gasteiger partial charge < -0.3 is 4.90 Å². The number of aromatic nitrogens is 1. The van der Waals surface area contributed by atoms with Gasteiger partial charge in [-0.3, -0.25) is 0 Å². The fraction of sp³-hybridized carbons (Fsp3) is 0.167. The van der Waals surface area contributed by atoms with Crippen molar-refractivity contribution in [1.82, 2.24) is 0 Å². The Morgan fingerprint density at radius 2 is 1.95 bits per heavy atom. The number of thioether (sulfide) groups is 1. The fourth-order valence-corrected chi connectivity index (χ4v) is 3.65. The maximum atomic E-state index is 3.76. The van der Waals surface area contributed by atoms with Crippen molar-refractivity contribution >= 4 is 23.5 Å². The summed E-state index contributed by atoms with van der Waals surface area (Å²) in [4.78, 5) is 3.70. The zero-order chi connectivity index (χ0) is 14.7. The molecule has 0 bridgehead atoms. The second-order valence-electron chi connectivity index (χ2n) is 4.91. The number of rotatable bonds is 4. The van der Waals surface area contributed by atoms with Crippen LogP contribution in [-0.4, -0.2) is 6.54 Å². The number of hydrogen-bond acceptors (Lipinski definition) is 2. The molecular weight excluding hydrogens is 276 g/mol. The van der Waals surface area contributed by atoms with E-state index in [0.29, 0.717) is 0 Å². The van der Waals surface area contributed by atoms with Gasteiger partial charge in [0.25, 0.3) is 0 Å². The Hall–Kier alpha value is -2.00. The van der Waals surface area contributed by atoms with E-state index in [1.807, 2.05) is 17.8 Å². The molecule has 1 aromatic heterocycles. The molecule has 0 aliphatic carbocycles. The van der Waals surface area contributed by atoms with Crippen molar-refractivity contribution < 1.29 is 4.57 Å². The van der Waals surface area contributed by atoms with Gasteiger partial charge in [-0.2, -0.15) is 0 Å². The normalized spacial score (nSPS) is 15.3.